The fourth-order valence-electron chi connectivity index (χ4n) is 1.09. The molecule has 0 saturated heterocycles. The highest BCUT2D eigenvalue weighted by Crippen LogP contribution is 2.17. The average Bonchev–Trinajstić information content (AvgIpc) is 2.04. The third-order valence-electron chi connectivity index (χ3n) is 1.69. The van der Waals surface area contributed by atoms with E-state index < -0.39 is 0 Å². The van der Waals surface area contributed by atoms with Crippen LogP contribution in [0, 0.1) is 0 Å². The lowest BCUT2D eigenvalue weighted by Gasteiger charge is -2.06. The van der Waals surface area contributed by atoms with Gasteiger partial charge in [-0.3, -0.25) is 4.98 Å². The molecule has 0 unspecified atom stereocenters. The third kappa shape index (κ3) is 1.67. The zero-order valence-corrected chi connectivity index (χ0v) is 7.04. The smallest absolute Gasteiger partial charge is 0.0658 e. The van der Waals surface area contributed by atoms with Crippen molar-refractivity contribution in [2.24, 2.45) is 0 Å². The van der Waals surface area contributed by atoms with Crippen molar-refractivity contribution in [3.63, 3.8) is 0 Å². The summed E-state index contributed by atoms with van der Waals surface area (Å²) in [5, 5.41) is 0. The van der Waals surface area contributed by atoms with Crippen molar-refractivity contribution in [3.8, 4) is 0 Å². The standard InChI is InChI=1S/C10H13N/c1-4-10-9(8(2)3)6-5-7-11-10/h4-8H,1H2,2-3H3. The lowest BCUT2D eigenvalue weighted by atomic mass is 10.0. The van der Waals surface area contributed by atoms with Gasteiger partial charge in [0.25, 0.3) is 0 Å². The van der Waals surface area contributed by atoms with Gasteiger partial charge in [-0.1, -0.05) is 26.5 Å². The number of hydrogen-bond donors (Lipinski definition) is 0. The quantitative estimate of drug-likeness (QED) is 0.626. The summed E-state index contributed by atoms with van der Waals surface area (Å²) < 4.78 is 0. The molecular weight excluding hydrogens is 134 g/mol. The Morgan fingerprint density at radius 1 is 1.55 bits per heavy atom. The van der Waals surface area contributed by atoms with Crippen molar-refractivity contribution >= 4 is 6.08 Å². The van der Waals surface area contributed by atoms with Crippen molar-refractivity contribution < 1.29 is 0 Å². The first kappa shape index (κ1) is 7.99. The molecule has 0 bridgehead atoms. The lowest BCUT2D eigenvalue weighted by Crippen LogP contribution is -1.93. The molecule has 1 heterocycles. The lowest BCUT2D eigenvalue weighted by molar-refractivity contribution is 0.854. The van der Waals surface area contributed by atoms with Gasteiger partial charge in [-0.05, 0) is 23.6 Å². The Hall–Kier alpha value is -1.11. The van der Waals surface area contributed by atoms with Gasteiger partial charge in [0.2, 0.25) is 0 Å². The fourth-order valence-corrected chi connectivity index (χ4v) is 1.09. The van der Waals surface area contributed by atoms with Crippen LogP contribution < -0.4 is 0 Å². The Morgan fingerprint density at radius 2 is 2.27 bits per heavy atom. The highest BCUT2D eigenvalue weighted by atomic mass is 14.7. The molecule has 0 aliphatic rings. The first-order valence-electron chi connectivity index (χ1n) is 3.83. The summed E-state index contributed by atoms with van der Waals surface area (Å²) in [6.45, 7) is 8.02. The highest BCUT2D eigenvalue weighted by molar-refractivity contribution is 5.47. The van der Waals surface area contributed by atoms with E-state index in [-0.39, 0.29) is 0 Å². The predicted molar refractivity (Wildman–Crippen MR) is 48.4 cm³/mol. The van der Waals surface area contributed by atoms with Gasteiger partial charge >= 0.3 is 0 Å². The molecule has 0 radical (unpaired) electrons. The maximum Gasteiger partial charge on any atom is 0.0658 e. The maximum atomic E-state index is 4.20. The molecule has 1 heteroatoms. The number of aromatic nitrogens is 1. The topological polar surface area (TPSA) is 12.9 Å². The molecule has 11 heavy (non-hydrogen) atoms. The Morgan fingerprint density at radius 3 is 2.73 bits per heavy atom. The van der Waals surface area contributed by atoms with Crippen LogP contribution >= 0.6 is 0 Å². The Labute approximate surface area is 67.8 Å². The summed E-state index contributed by atoms with van der Waals surface area (Å²) in [5.41, 5.74) is 2.27. The summed E-state index contributed by atoms with van der Waals surface area (Å²) in [5.74, 6) is 0.525. The first-order valence-corrected chi connectivity index (χ1v) is 3.83. The molecule has 0 amide bonds. The third-order valence-corrected chi connectivity index (χ3v) is 1.69. The normalized spacial score (nSPS) is 10.1. The van der Waals surface area contributed by atoms with Gasteiger partial charge in [0.15, 0.2) is 0 Å². The van der Waals surface area contributed by atoms with Crippen LogP contribution in [0.2, 0.25) is 0 Å². The predicted octanol–water partition coefficient (Wildman–Crippen LogP) is 2.85. The van der Waals surface area contributed by atoms with Crippen LogP contribution in [0.4, 0.5) is 0 Å². The van der Waals surface area contributed by atoms with E-state index in [2.05, 4.69) is 31.5 Å². The van der Waals surface area contributed by atoms with Gasteiger partial charge in [-0.25, -0.2) is 0 Å². The van der Waals surface area contributed by atoms with Crippen LogP contribution in [-0.2, 0) is 0 Å². The highest BCUT2D eigenvalue weighted by Gasteiger charge is 2.02. The van der Waals surface area contributed by atoms with E-state index in [0.29, 0.717) is 5.92 Å². The summed E-state index contributed by atoms with van der Waals surface area (Å²) in [6, 6.07) is 4.05. The summed E-state index contributed by atoms with van der Waals surface area (Å²) in [7, 11) is 0. The molecule has 0 fully saturated rings. The van der Waals surface area contributed by atoms with Crippen LogP contribution in [-0.4, -0.2) is 4.98 Å². The first-order chi connectivity index (χ1) is 5.25. The van der Waals surface area contributed by atoms with E-state index in [1.54, 1.807) is 12.3 Å². The fraction of sp³-hybridized carbons (Fsp3) is 0.300. The molecule has 0 saturated carbocycles. The molecule has 1 nitrogen and oxygen atoms in total. The molecule has 1 rings (SSSR count). The average molecular weight is 147 g/mol. The van der Waals surface area contributed by atoms with Gasteiger partial charge < -0.3 is 0 Å². The summed E-state index contributed by atoms with van der Waals surface area (Å²) in [4.78, 5) is 4.20. The molecule has 0 spiro atoms. The SMILES string of the molecule is C=Cc1ncccc1C(C)C. The van der Waals surface area contributed by atoms with Crippen molar-refractivity contribution in [3.05, 3.63) is 36.2 Å². The zero-order chi connectivity index (χ0) is 8.27. The number of pyridine rings is 1. The van der Waals surface area contributed by atoms with E-state index in [9.17, 15) is 0 Å². The Kier molecular flexibility index (Phi) is 2.42. The second-order valence-corrected chi connectivity index (χ2v) is 2.84. The molecule has 0 aliphatic heterocycles. The van der Waals surface area contributed by atoms with E-state index in [0.717, 1.165) is 5.69 Å². The van der Waals surface area contributed by atoms with Crippen molar-refractivity contribution in [2.75, 3.05) is 0 Å². The Bertz CT molecular complexity index is 251. The van der Waals surface area contributed by atoms with Gasteiger partial charge in [0, 0.05) is 6.20 Å². The van der Waals surface area contributed by atoms with Gasteiger partial charge in [-0.2, -0.15) is 0 Å². The van der Waals surface area contributed by atoms with Crippen molar-refractivity contribution in [1.29, 1.82) is 0 Å². The van der Waals surface area contributed by atoms with Gasteiger partial charge in [-0.15, -0.1) is 0 Å². The maximum absolute atomic E-state index is 4.20. The molecule has 58 valence electrons. The largest absolute Gasteiger partial charge is 0.257 e. The monoisotopic (exact) mass is 147 g/mol. The van der Waals surface area contributed by atoms with E-state index in [4.69, 9.17) is 0 Å². The summed E-state index contributed by atoms with van der Waals surface area (Å²) >= 11 is 0. The van der Waals surface area contributed by atoms with Crippen LogP contribution in [0.3, 0.4) is 0 Å². The number of hydrogen-bond acceptors (Lipinski definition) is 1. The Balaban J connectivity index is 3.12. The molecular formula is C10H13N. The molecule has 1 aromatic heterocycles. The number of rotatable bonds is 2. The second kappa shape index (κ2) is 3.33. The minimum absolute atomic E-state index is 0.525. The van der Waals surface area contributed by atoms with Gasteiger partial charge in [0.1, 0.15) is 0 Å². The zero-order valence-electron chi connectivity index (χ0n) is 7.04. The minimum Gasteiger partial charge on any atom is -0.257 e. The van der Waals surface area contributed by atoms with Crippen LogP contribution in [0.25, 0.3) is 6.08 Å². The van der Waals surface area contributed by atoms with Crippen molar-refractivity contribution in [1.82, 2.24) is 4.98 Å². The minimum atomic E-state index is 0.525. The van der Waals surface area contributed by atoms with Crippen LogP contribution in [0.1, 0.15) is 31.0 Å². The molecule has 1 aromatic rings. The van der Waals surface area contributed by atoms with Crippen molar-refractivity contribution in [2.45, 2.75) is 19.8 Å². The molecule has 0 atom stereocenters. The molecule has 0 N–H and O–H groups in total. The van der Waals surface area contributed by atoms with E-state index >= 15 is 0 Å². The van der Waals surface area contributed by atoms with E-state index in [1.807, 2.05) is 6.07 Å². The van der Waals surface area contributed by atoms with Crippen LogP contribution in [0.15, 0.2) is 24.9 Å². The number of nitrogens with zero attached hydrogens (tertiary/aromatic N) is 1. The van der Waals surface area contributed by atoms with Gasteiger partial charge in [0.05, 0.1) is 5.69 Å². The molecule has 0 aromatic carbocycles. The van der Waals surface area contributed by atoms with Crippen LogP contribution in [0.5, 0.6) is 0 Å². The molecule has 0 aliphatic carbocycles. The second-order valence-electron chi connectivity index (χ2n) is 2.84. The summed E-state index contributed by atoms with van der Waals surface area (Å²) in [6.07, 6.45) is 3.60. The van der Waals surface area contributed by atoms with E-state index in [1.165, 1.54) is 5.56 Å².